The molecule has 10 heteroatoms. The van der Waals surface area contributed by atoms with Crippen molar-refractivity contribution in [2.45, 2.75) is 24.7 Å². The zero-order valence-corrected chi connectivity index (χ0v) is 19.7. The number of amides is 1. The zero-order valence-electron chi connectivity index (χ0n) is 18.9. The van der Waals surface area contributed by atoms with E-state index in [1.807, 2.05) is 0 Å². The highest BCUT2D eigenvalue weighted by molar-refractivity contribution is 7.89. The third-order valence-corrected chi connectivity index (χ3v) is 7.41. The van der Waals surface area contributed by atoms with E-state index in [9.17, 15) is 18.0 Å². The average Bonchev–Trinajstić information content (AvgIpc) is 2.84. The minimum absolute atomic E-state index is 0.0985. The molecule has 0 unspecified atom stereocenters. The molecule has 1 saturated heterocycles. The van der Waals surface area contributed by atoms with E-state index in [0.717, 1.165) is 0 Å². The minimum atomic E-state index is -3.73. The average molecular weight is 477 g/mol. The van der Waals surface area contributed by atoms with Gasteiger partial charge in [0, 0.05) is 25.1 Å². The Morgan fingerprint density at radius 1 is 1.03 bits per heavy atom. The Hall–Kier alpha value is -3.11. The fourth-order valence-corrected chi connectivity index (χ4v) is 5.09. The van der Waals surface area contributed by atoms with E-state index in [2.05, 4.69) is 5.32 Å². The summed E-state index contributed by atoms with van der Waals surface area (Å²) >= 11 is 0. The van der Waals surface area contributed by atoms with Gasteiger partial charge in [0.2, 0.25) is 15.9 Å². The minimum Gasteiger partial charge on any atom is -0.497 e. The summed E-state index contributed by atoms with van der Waals surface area (Å²) in [6, 6.07) is 10.8. The number of benzene rings is 2. The van der Waals surface area contributed by atoms with Gasteiger partial charge in [-0.25, -0.2) is 13.2 Å². The number of nitrogens with zero attached hydrogens (tertiary/aromatic N) is 1. The Morgan fingerprint density at radius 3 is 2.27 bits per heavy atom. The van der Waals surface area contributed by atoms with Crippen molar-refractivity contribution in [1.82, 2.24) is 4.31 Å². The van der Waals surface area contributed by atoms with Gasteiger partial charge in [-0.15, -0.1) is 0 Å². The molecular weight excluding hydrogens is 448 g/mol. The van der Waals surface area contributed by atoms with Crippen molar-refractivity contribution in [2.24, 2.45) is 5.92 Å². The largest absolute Gasteiger partial charge is 0.497 e. The first kappa shape index (κ1) is 24.5. The van der Waals surface area contributed by atoms with Gasteiger partial charge in [-0.3, -0.25) is 4.79 Å². The number of carbonyl (C=O) groups excluding carboxylic acids is 2. The lowest BCUT2D eigenvalue weighted by molar-refractivity contribution is -0.120. The summed E-state index contributed by atoms with van der Waals surface area (Å²) in [5.74, 6) is 0.0816. The van der Waals surface area contributed by atoms with Crippen LogP contribution in [0, 0.1) is 5.92 Å². The predicted octanol–water partition coefficient (Wildman–Crippen LogP) is 2.92. The van der Waals surface area contributed by atoms with E-state index >= 15 is 0 Å². The standard InChI is InChI=1S/C23H28N2O7S/c1-4-32-23(27)17-5-8-19(9-6-17)33(28,29)25-13-11-16(12-14-25)22(26)24-20-10-7-18(30-2)15-21(20)31-3/h5-10,15-16H,4,11-14H2,1-3H3,(H,24,26). The summed E-state index contributed by atoms with van der Waals surface area (Å²) in [7, 11) is -0.675. The molecule has 2 aromatic carbocycles. The molecule has 178 valence electrons. The number of piperidine rings is 1. The van der Waals surface area contributed by atoms with Crippen LogP contribution in [-0.2, 0) is 19.6 Å². The molecule has 1 aliphatic rings. The second-order valence-corrected chi connectivity index (χ2v) is 9.42. The molecule has 9 nitrogen and oxygen atoms in total. The predicted molar refractivity (Wildman–Crippen MR) is 122 cm³/mol. The van der Waals surface area contributed by atoms with Crippen molar-refractivity contribution < 1.29 is 32.2 Å². The van der Waals surface area contributed by atoms with Crippen molar-refractivity contribution in [3.8, 4) is 11.5 Å². The van der Waals surface area contributed by atoms with Crippen LogP contribution in [0.5, 0.6) is 11.5 Å². The van der Waals surface area contributed by atoms with Gasteiger partial charge in [-0.1, -0.05) is 0 Å². The van der Waals surface area contributed by atoms with Crippen molar-refractivity contribution in [2.75, 3.05) is 39.2 Å². The monoisotopic (exact) mass is 476 g/mol. The lowest BCUT2D eigenvalue weighted by Gasteiger charge is -2.30. The molecule has 0 spiro atoms. The van der Waals surface area contributed by atoms with Crippen LogP contribution < -0.4 is 14.8 Å². The molecule has 1 amide bonds. The van der Waals surface area contributed by atoms with Gasteiger partial charge in [0.1, 0.15) is 11.5 Å². The Bertz CT molecular complexity index is 1090. The number of anilines is 1. The summed E-state index contributed by atoms with van der Waals surface area (Å²) in [6.45, 7) is 2.39. The van der Waals surface area contributed by atoms with Gasteiger partial charge >= 0.3 is 5.97 Å². The molecule has 0 atom stereocenters. The van der Waals surface area contributed by atoms with Crippen molar-refractivity contribution >= 4 is 27.6 Å². The Kier molecular flexibility index (Phi) is 7.93. The molecule has 0 aromatic heterocycles. The third kappa shape index (κ3) is 5.63. The van der Waals surface area contributed by atoms with Crippen molar-refractivity contribution in [3.05, 3.63) is 48.0 Å². The highest BCUT2D eigenvalue weighted by atomic mass is 32.2. The van der Waals surface area contributed by atoms with Gasteiger partial charge in [-0.2, -0.15) is 4.31 Å². The lowest BCUT2D eigenvalue weighted by Crippen LogP contribution is -2.41. The summed E-state index contributed by atoms with van der Waals surface area (Å²) in [6.07, 6.45) is 0.787. The number of methoxy groups -OCH3 is 2. The molecule has 0 bridgehead atoms. The van der Waals surface area contributed by atoms with Crippen LogP contribution in [0.4, 0.5) is 5.69 Å². The number of carbonyl (C=O) groups is 2. The third-order valence-electron chi connectivity index (χ3n) is 5.49. The van der Waals surface area contributed by atoms with E-state index in [1.54, 1.807) is 32.2 Å². The smallest absolute Gasteiger partial charge is 0.338 e. The maximum absolute atomic E-state index is 13.0. The van der Waals surface area contributed by atoms with E-state index in [-0.39, 0.29) is 36.4 Å². The maximum atomic E-state index is 13.0. The highest BCUT2D eigenvalue weighted by Crippen LogP contribution is 2.31. The number of esters is 1. The van der Waals surface area contributed by atoms with E-state index in [1.165, 1.54) is 35.7 Å². The van der Waals surface area contributed by atoms with Gasteiger partial charge in [-0.05, 0) is 56.2 Å². The first-order chi connectivity index (χ1) is 15.8. The van der Waals surface area contributed by atoms with Gasteiger partial charge in [0.25, 0.3) is 0 Å². The normalized spacial score (nSPS) is 15.0. The quantitative estimate of drug-likeness (QED) is 0.583. The Morgan fingerprint density at radius 2 is 1.70 bits per heavy atom. The van der Waals surface area contributed by atoms with Gasteiger partial charge in [0.15, 0.2) is 0 Å². The first-order valence-corrected chi connectivity index (χ1v) is 12.0. The molecule has 1 N–H and O–H groups in total. The molecule has 1 heterocycles. The highest BCUT2D eigenvalue weighted by Gasteiger charge is 2.32. The van der Waals surface area contributed by atoms with E-state index in [0.29, 0.717) is 35.6 Å². The van der Waals surface area contributed by atoms with Crippen LogP contribution in [-0.4, -0.2) is 58.5 Å². The molecule has 0 radical (unpaired) electrons. The second-order valence-electron chi connectivity index (χ2n) is 7.48. The number of hydrogen-bond donors (Lipinski definition) is 1. The zero-order chi connectivity index (χ0) is 24.0. The van der Waals surface area contributed by atoms with Crippen molar-refractivity contribution in [1.29, 1.82) is 0 Å². The van der Waals surface area contributed by atoms with E-state index < -0.39 is 16.0 Å². The lowest BCUT2D eigenvalue weighted by atomic mass is 9.97. The Labute approximate surface area is 193 Å². The Balaban J connectivity index is 1.62. The number of nitrogens with one attached hydrogen (secondary N) is 1. The fourth-order valence-electron chi connectivity index (χ4n) is 3.62. The molecular formula is C23H28N2O7S. The molecule has 2 aromatic rings. The number of sulfonamides is 1. The van der Waals surface area contributed by atoms with Crippen LogP contribution >= 0.6 is 0 Å². The summed E-state index contributed by atoms with van der Waals surface area (Å²) in [5.41, 5.74) is 0.820. The van der Waals surface area contributed by atoms with Crippen molar-refractivity contribution in [3.63, 3.8) is 0 Å². The molecule has 0 saturated carbocycles. The van der Waals surface area contributed by atoms with Gasteiger partial charge in [0.05, 0.1) is 37.0 Å². The molecule has 1 aliphatic heterocycles. The number of hydrogen-bond acceptors (Lipinski definition) is 7. The first-order valence-electron chi connectivity index (χ1n) is 10.6. The fraction of sp³-hybridized carbons (Fsp3) is 0.391. The summed E-state index contributed by atoms with van der Waals surface area (Å²) in [4.78, 5) is 24.6. The molecule has 0 aliphatic carbocycles. The van der Waals surface area contributed by atoms with Crippen LogP contribution in [0.25, 0.3) is 0 Å². The van der Waals surface area contributed by atoms with Crippen LogP contribution in [0.2, 0.25) is 0 Å². The summed E-state index contributed by atoms with van der Waals surface area (Å²) < 4.78 is 42.7. The van der Waals surface area contributed by atoms with Crippen LogP contribution in [0.1, 0.15) is 30.1 Å². The molecule has 33 heavy (non-hydrogen) atoms. The number of rotatable bonds is 8. The van der Waals surface area contributed by atoms with Crippen LogP contribution in [0.15, 0.2) is 47.4 Å². The summed E-state index contributed by atoms with van der Waals surface area (Å²) in [5, 5.41) is 2.86. The van der Waals surface area contributed by atoms with Gasteiger partial charge < -0.3 is 19.5 Å². The second kappa shape index (κ2) is 10.7. The molecule has 1 fully saturated rings. The maximum Gasteiger partial charge on any atom is 0.338 e. The SMILES string of the molecule is CCOC(=O)c1ccc(S(=O)(=O)N2CCC(C(=O)Nc3ccc(OC)cc3OC)CC2)cc1. The van der Waals surface area contributed by atoms with E-state index in [4.69, 9.17) is 14.2 Å². The molecule has 3 rings (SSSR count). The van der Waals surface area contributed by atoms with Crippen LogP contribution in [0.3, 0.4) is 0 Å². The number of ether oxygens (including phenoxy) is 3. The topological polar surface area (TPSA) is 111 Å².